The number of amides is 1. The molecule has 1 saturated heterocycles. The maximum absolute atomic E-state index is 12.7. The van der Waals surface area contributed by atoms with Gasteiger partial charge in [-0.3, -0.25) is 9.59 Å². The zero-order valence-electron chi connectivity index (χ0n) is 17.4. The Morgan fingerprint density at radius 1 is 1.03 bits per heavy atom. The Hall–Kier alpha value is -3.23. The van der Waals surface area contributed by atoms with Crippen LogP contribution in [0.4, 0.5) is 5.82 Å². The van der Waals surface area contributed by atoms with Gasteiger partial charge in [0.25, 0.3) is 11.5 Å². The lowest BCUT2D eigenvalue weighted by Crippen LogP contribution is -2.49. The quantitative estimate of drug-likeness (QED) is 0.461. The third-order valence-electron chi connectivity index (χ3n) is 5.48. The average molecular weight is 466 g/mol. The number of carbonyl (C=O) groups is 1. The van der Waals surface area contributed by atoms with E-state index in [-0.39, 0.29) is 11.5 Å². The second kappa shape index (κ2) is 8.37. The molecule has 0 aliphatic carbocycles. The molecule has 4 aromatic rings. The van der Waals surface area contributed by atoms with Gasteiger partial charge in [-0.05, 0) is 37.3 Å². The lowest BCUT2D eigenvalue weighted by Gasteiger charge is -2.35. The number of carbonyl (C=O) groups excluding carboxylic acids is 1. The summed E-state index contributed by atoms with van der Waals surface area (Å²) in [7, 11) is 0. The van der Waals surface area contributed by atoms with E-state index in [1.165, 1.54) is 21.9 Å². The third kappa shape index (κ3) is 3.99. The minimum Gasteiger partial charge on any atom is -0.353 e. The molecule has 2 aromatic heterocycles. The summed E-state index contributed by atoms with van der Waals surface area (Å²) in [6, 6.07) is 16.5. The van der Waals surface area contributed by atoms with Crippen LogP contribution in [0.15, 0.2) is 59.4 Å². The van der Waals surface area contributed by atoms with Gasteiger partial charge < -0.3 is 9.80 Å². The monoisotopic (exact) mass is 465 g/mol. The van der Waals surface area contributed by atoms with Gasteiger partial charge in [0, 0.05) is 48.4 Å². The van der Waals surface area contributed by atoms with Crippen LogP contribution in [0.25, 0.3) is 15.5 Å². The minimum absolute atomic E-state index is 0.0185. The average Bonchev–Trinajstić information content (AvgIpc) is 3.24. The number of anilines is 1. The maximum atomic E-state index is 12.7. The van der Waals surface area contributed by atoms with Gasteiger partial charge in [-0.2, -0.15) is 9.61 Å². The van der Waals surface area contributed by atoms with Crippen LogP contribution in [0.1, 0.15) is 15.9 Å². The van der Waals surface area contributed by atoms with Crippen molar-refractivity contribution >= 4 is 39.6 Å². The Labute approximate surface area is 193 Å². The van der Waals surface area contributed by atoms with Crippen molar-refractivity contribution in [2.45, 2.75) is 6.92 Å². The van der Waals surface area contributed by atoms with Gasteiger partial charge in [0.1, 0.15) is 10.8 Å². The molecule has 0 N–H and O–H groups in total. The Morgan fingerprint density at radius 2 is 1.78 bits per heavy atom. The van der Waals surface area contributed by atoms with Gasteiger partial charge in [0.15, 0.2) is 0 Å². The summed E-state index contributed by atoms with van der Waals surface area (Å²) in [5.41, 5.74) is 2.51. The van der Waals surface area contributed by atoms with E-state index in [0.717, 1.165) is 16.1 Å². The molecule has 0 unspecified atom stereocenters. The van der Waals surface area contributed by atoms with Crippen molar-refractivity contribution in [1.82, 2.24) is 19.5 Å². The molecule has 2 aromatic carbocycles. The highest BCUT2D eigenvalue weighted by atomic mass is 35.5. The van der Waals surface area contributed by atoms with Crippen molar-refractivity contribution in [2.24, 2.45) is 0 Å². The topological polar surface area (TPSA) is 70.8 Å². The molecular weight excluding hydrogens is 446 g/mol. The summed E-state index contributed by atoms with van der Waals surface area (Å²) in [5, 5.41) is 5.83. The second-order valence-electron chi connectivity index (χ2n) is 7.71. The van der Waals surface area contributed by atoms with Crippen molar-refractivity contribution < 1.29 is 4.79 Å². The lowest BCUT2D eigenvalue weighted by atomic mass is 10.1. The lowest BCUT2D eigenvalue weighted by molar-refractivity contribution is 0.0746. The smallest absolute Gasteiger partial charge is 0.277 e. The summed E-state index contributed by atoms with van der Waals surface area (Å²) < 4.78 is 1.35. The van der Waals surface area contributed by atoms with Gasteiger partial charge >= 0.3 is 0 Å². The Kier molecular flexibility index (Phi) is 5.40. The number of nitrogens with zero attached hydrogens (tertiary/aromatic N) is 5. The first-order valence-corrected chi connectivity index (χ1v) is 11.5. The summed E-state index contributed by atoms with van der Waals surface area (Å²) in [6.45, 7) is 4.34. The summed E-state index contributed by atoms with van der Waals surface area (Å²) in [5.74, 6) is 0.600. The predicted molar refractivity (Wildman–Crippen MR) is 127 cm³/mol. The minimum atomic E-state index is -0.208. The highest BCUT2D eigenvalue weighted by Gasteiger charge is 2.24. The first kappa shape index (κ1) is 20.7. The first-order chi connectivity index (χ1) is 15.5. The Balaban J connectivity index is 1.35. The molecule has 7 nitrogen and oxygen atoms in total. The van der Waals surface area contributed by atoms with Gasteiger partial charge in [-0.1, -0.05) is 46.7 Å². The fourth-order valence-electron chi connectivity index (χ4n) is 3.77. The van der Waals surface area contributed by atoms with Crippen molar-refractivity contribution in [3.63, 3.8) is 0 Å². The molecule has 1 amide bonds. The van der Waals surface area contributed by atoms with Gasteiger partial charge in [-0.15, -0.1) is 0 Å². The van der Waals surface area contributed by atoms with Crippen LogP contribution in [0.3, 0.4) is 0 Å². The van der Waals surface area contributed by atoms with Crippen LogP contribution < -0.4 is 10.5 Å². The molecule has 0 bridgehead atoms. The first-order valence-electron chi connectivity index (χ1n) is 10.3. The van der Waals surface area contributed by atoms with Gasteiger partial charge in [0.2, 0.25) is 4.96 Å². The van der Waals surface area contributed by atoms with E-state index in [9.17, 15) is 9.59 Å². The molecule has 3 heterocycles. The molecule has 0 spiro atoms. The second-order valence-corrected chi connectivity index (χ2v) is 9.10. The molecule has 0 saturated carbocycles. The van der Waals surface area contributed by atoms with Crippen molar-refractivity contribution in [2.75, 3.05) is 31.1 Å². The zero-order valence-corrected chi connectivity index (χ0v) is 18.9. The molecule has 162 valence electrons. The van der Waals surface area contributed by atoms with Crippen molar-refractivity contribution in [3.05, 3.63) is 81.1 Å². The normalized spacial score (nSPS) is 14.2. The number of fused-ring (bicyclic) bond motifs is 1. The SMILES string of the molecule is Cc1cccc(-c2nn3c(=O)cc(N4CCN(C(=O)c5ccc(Cl)cc5)CC4)nc3s2)c1. The largest absolute Gasteiger partial charge is 0.353 e. The highest BCUT2D eigenvalue weighted by Crippen LogP contribution is 2.26. The Bertz CT molecular complexity index is 1360. The third-order valence-corrected chi connectivity index (χ3v) is 6.69. The molecule has 1 aliphatic rings. The molecular formula is C23H20ClN5O2S. The summed E-state index contributed by atoms with van der Waals surface area (Å²) in [4.78, 5) is 34.5. The van der Waals surface area contributed by atoms with E-state index in [1.807, 2.05) is 41.0 Å². The number of hydrogen-bond donors (Lipinski definition) is 0. The predicted octanol–water partition coefficient (Wildman–Crippen LogP) is 3.74. The van der Waals surface area contributed by atoms with Crippen LogP contribution in [0, 0.1) is 6.92 Å². The van der Waals surface area contributed by atoms with Crippen molar-refractivity contribution in [1.29, 1.82) is 0 Å². The van der Waals surface area contributed by atoms with Crippen LogP contribution in [0.2, 0.25) is 5.02 Å². The fraction of sp³-hybridized carbons (Fsp3) is 0.217. The number of piperazine rings is 1. The van der Waals surface area contributed by atoms with Gasteiger partial charge in [0.05, 0.1) is 0 Å². The fourth-order valence-corrected chi connectivity index (χ4v) is 4.79. The highest BCUT2D eigenvalue weighted by molar-refractivity contribution is 7.19. The number of hydrogen-bond acceptors (Lipinski definition) is 6. The molecule has 0 radical (unpaired) electrons. The number of rotatable bonds is 3. The molecule has 1 fully saturated rings. The zero-order chi connectivity index (χ0) is 22.2. The molecule has 0 atom stereocenters. The van der Waals surface area contributed by atoms with Crippen molar-refractivity contribution in [3.8, 4) is 10.6 Å². The number of aromatic nitrogens is 3. The number of benzene rings is 2. The van der Waals surface area contributed by atoms with E-state index >= 15 is 0 Å². The van der Waals surface area contributed by atoms with Crippen LogP contribution >= 0.6 is 22.9 Å². The summed E-state index contributed by atoms with van der Waals surface area (Å²) in [6.07, 6.45) is 0. The van der Waals surface area contributed by atoms with E-state index in [1.54, 1.807) is 24.3 Å². The van der Waals surface area contributed by atoms with E-state index in [0.29, 0.717) is 47.5 Å². The summed E-state index contributed by atoms with van der Waals surface area (Å²) >= 11 is 7.31. The van der Waals surface area contributed by atoms with Crippen LogP contribution in [0.5, 0.6) is 0 Å². The maximum Gasteiger partial charge on any atom is 0.277 e. The van der Waals surface area contributed by atoms with E-state index in [2.05, 4.69) is 5.10 Å². The van der Waals surface area contributed by atoms with Gasteiger partial charge in [-0.25, -0.2) is 4.98 Å². The van der Waals surface area contributed by atoms with Crippen LogP contribution in [-0.4, -0.2) is 51.6 Å². The Morgan fingerprint density at radius 3 is 2.50 bits per heavy atom. The number of halogens is 1. The number of aryl methyl sites for hydroxylation is 1. The van der Waals surface area contributed by atoms with E-state index < -0.39 is 0 Å². The molecule has 5 rings (SSSR count). The van der Waals surface area contributed by atoms with E-state index in [4.69, 9.17) is 16.6 Å². The molecule has 1 aliphatic heterocycles. The molecule has 32 heavy (non-hydrogen) atoms. The standard InChI is InChI=1S/C23H20ClN5O2S/c1-15-3-2-4-17(13-15)21-26-29-20(30)14-19(25-23(29)32-21)27-9-11-28(12-10-27)22(31)16-5-7-18(24)8-6-16/h2-8,13-14H,9-12H2,1H3. The molecule has 9 heteroatoms. The van der Waals surface area contributed by atoms with Crippen LogP contribution in [-0.2, 0) is 0 Å².